The van der Waals surface area contributed by atoms with Gasteiger partial charge in [0.15, 0.2) is 11.6 Å². The van der Waals surface area contributed by atoms with Crippen molar-refractivity contribution in [1.82, 2.24) is 9.97 Å². The molecule has 0 aliphatic carbocycles. The second-order valence-corrected chi connectivity index (χ2v) is 4.18. The lowest BCUT2D eigenvalue weighted by atomic mass is 10.2. The van der Waals surface area contributed by atoms with E-state index in [2.05, 4.69) is 9.97 Å². The Balaban J connectivity index is 2.07. The van der Waals surface area contributed by atoms with Crippen molar-refractivity contribution in [3.05, 3.63) is 41.7 Å². The van der Waals surface area contributed by atoms with Crippen LogP contribution in [0.3, 0.4) is 0 Å². The van der Waals surface area contributed by atoms with Crippen LogP contribution >= 0.6 is 11.6 Å². The first kappa shape index (κ1) is 12.8. The van der Waals surface area contributed by atoms with E-state index in [4.69, 9.17) is 22.1 Å². The molecule has 0 aliphatic rings. The van der Waals surface area contributed by atoms with E-state index in [1.54, 1.807) is 12.4 Å². The van der Waals surface area contributed by atoms with E-state index >= 15 is 0 Å². The highest BCUT2D eigenvalue weighted by Gasteiger charge is 2.02. The minimum Gasteiger partial charge on any atom is -0.490 e. The van der Waals surface area contributed by atoms with E-state index in [0.717, 1.165) is 12.0 Å². The number of nitrogens with two attached hydrogens (primary N) is 1. The summed E-state index contributed by atoms with van der Waals surface area (Å²) in [5, 5.41) is 0.666. The highest BCUT2D eigenvalue weighted by Crippen LogP contribution is 2.20. The molecule has 0 spiro atoms. The van der Waals surface area contributed by atoms with Gasteiger partial charge < -0.3 is 10.5 Å². The molecule has 1 heterocycles. The molecule has 2 N–H and O–H groups in total. The van der Waals surface area contributed by atoms with Crippen molar-refractivity contribution in [3.8, 4) is 17.1 Å². The molecule has 94 valence electrons. The monoisotopic (exact) mass is 263 g/mol. The number of hydrogen-bond donors (Lipinski definition) is 1. The number of nitrogens with zero attached hydrogens (tertiary/aromatic N) is 2. The fraction of sp³-hybridized carbons (Fsp3) is 0.231. The molecule has 4 nitrogen and oxygen atoms in total. The highest BCUT2D eigenvalue weighted by molar-refractivity contribution is 6.30. The zero-order valence-electron chi connectivity index (χ0n) is 9.84. The summed E-state index contributed by atoms with van der Waals surface area (Å²) in [5.74, 6) is 1.28. The smallest absolute Gasteiger partial charge is 0.159 e. The minimum absolute atomic E-state index is 0.580. The first-order valence-electron chi connectivity index (χ1n) is 5.70. The Bertz CT molecular complexity index is 502. The van der Waals surface area contributed by atoms with Crippen LogP contribution in [-0.2, 0) is 0 Å². The molecular weight excluding hydrogens is 250 g/mol. The van der Waals surface area contributed by atoms with Crippen LogP contribution in [-0.4, -0.2) is 23.1 Å². The van der Waals surface area contributed by atoms with Gasteiger partial charge in [-0.2, -0.15) is 0 Å². The molecule has 18 heavy (non-hydrogen) atoms. The standard InChI is InChI=1S/C13H14ClN3O/c14-11-4-1-3-10(7-11)13-16-8-12(9-17-13)18-6-2-5-15/h1,3-4,7-9H,2,5-6,15H2. The van der Waals surface area contributed by atoms with Crippen LogP contribution in [0, 0.1) is 0 Å². The summed E-state index contributed by atoms with van der Waals surface area (Å²) in [7, 11) is 0. The third-order valence-corrected chi connectivity index (χ3v) is 2.56. The zero-order valence-corrected chi connectivity index (χ0v) is 10.6. The minimum atomic E-state index is 0.580. The van der Waals surface area contributed by atoms with Gasteiger partial charge in [-0.15, -0.1) is 0 Å². The van der Waals surface area contributed by atoms with Crippen molar-refractivity contribution in [2.24, 2.45) is 5.73 Å². The molecule has 0 amide bonds. The fourth-order valence-electron chi connectivity index (χ4n) is 1.44. The summed E-state index contributed by atoms with van der Waals surface area (Å²) < 4.78 is 5.43. The molecule has 2 rings (SSSR count). The molecule has 2 aromatic rings. The van der Waals surface area contributed by atoms with Gasteiger partial charge in [0.1, 0.15) is 0 Å². The molecule has 0 unspecified atom stereocenters. The van der Waals surface area contributed by atoms with E-state index in [-0.39, 0.29) is 0 Å². The van der Waals surface area contributed by atoms with Gasteiger partial charge in [-0.05, 0) is 25.1 Å². The Labute approximate surface area is 111 Å². The van der Waals surface area contributed by atoms with E-state index in [9.17, 15) is 0 Å². The number of rotatable bonds is 5. The molecule has 0 fully saturated rings. The Kier molecular flexibility index (Phi) is 4.50. The molecule has 1 aromatic carbocycles. The van der Waals surface area contributed by atoms with Gasteiger partial charge >= 0.3 is 0 Å². The predicted molar refractivity (Wildman–Crippen MR) is 71.6 cm³/mol. The van der Waals surface area contributed by atoms with E-state index in [0.29, 0.717) is 29.7 Å². The molecule has 0 aliphatic heterocycles. The largest absolute Gasteiger partial charge is 0.490 e. The Morgan fingerprint density at radius 1 is 1.22 bits per heavy atom. The van der Waals surface area contributed by atoms with E-state index in [1.807, 2.05) is 24.3 Å². The van der Waals surface area contributed by atoms with Gasteiger partial charge in [0.2, 0.25) is 0 Å². The van der Waals surface area contributed by atoms with Gasteiger partial charge in [-0.1, -0.05) is 23.7 Å². The van der Waals surface area contributed by atoms with Crippen molar-refractivity contribution >= 4 is 11.6 Å². The predicted octanol–water partition coefficient (Wildman–Crippen LogP) is 2.52. The topological polar surface area (TPSA) is 61.0 Å². The van der Waals surface area contributed by atoms with E-state index in [1.165, 1.54) is 0 Å². The number of hydrogen-bond acceptors (Lipinski definition) is 4. The first-order valence-corrected chi connectivity index (χ1v) is 6.08. The Morgan fingerprint density at radius 2 is 2.00 bits per heavy atom. The molecular formula is C13H14ClN3O. The average molecular weight is 264 g/mol. The van der Waals surface area contributed by atoms with Crippen molar-refractivity contribution < 1.29 is 4.74 Å². The van der Waals surface area contributed by atoms with Crippen LogP contribution in [0.1, 0.15) is 6.42 Å². The maximum atomic E-state index is 5.92. The van der Waals surface area contributed by atoms with Gasteiger partial charge in [-0.25, -0.2) is 9.97 Å². The molecule has 0 atom stereocenters. The van der Waals surface area contributed by atoms with Gasteiger partial charge in [0.05, 0.1) is 19.0 Å². The third-order valence-electron chi connectivity index (χ3n) is 2.33. The number of aromatic nitrogens is 2. The number of ether oxygens (including phenoxy) is 1. The van der Waals surface area contributed by atoms with Crippen molar-refractivity contribution in [2.45, 2.75) is 6.42 Å². The van der Waals surface area contributed by atoms with Crippen molar-refractivity contribution in [3.63, 3.8) is 0 Å². The van der Waals surface area contributed by atoms with Crippen LogP contribution in [0.15, 0.2) is 36.7 Å². The summed E-state index contributed by atoms with van der Waals surface area (Å²) in [5.41, 5.74) is 6.27. The number of halogens is 1. The first-order chi connectivity index (χ1) is 8.79. The summed E-state index contributed by atoms with van der Waals surface area (Å²) in [4.78, 5) is 8.49. The van der Waals surface area contributed by atoms with Crippen LogP contribution in [0.5, 0.6) is 5.75 Å². The maximum absolute atomic E-state index is 5.92. The highest BCUT2D eigenvalue weighted by atomic mass is 35.5. The lowest BCUT2D eigenvalue weighted by Gasteiger charge is -2.05. The average Bonchev–Trinajstić information content (AvgIpc) is 2.40. The van der Waals surface area contributed by atoms with E-state index < -0.39 is 0 Å². The molecule has 0 bridgehead atoms. The van der Waals surface area contributed by atoms with Gasteiger partial charge in [0.25, 0.3) is 0 Å². The lowest BCUT2D eigenvalue weighted by molar-refractivity contribution is 0.311. The lowest BCUT2D eigenvalue weighted by Crippen LogP contribution is -2.06. The third kappa shape index (κ3) is 3.42. The molecule has 0 radical (unpaired) electrons. The van der Waals surface area contributed by atoms with Gasteiger partial charge in [0, 0.05) is 10.6 Å². The summed E-state index contributed by atoms with van der Waals surface area (Å²) in [6, 6.07) is 7.42. The molecule has 5 heteroatoms. The maximum Gasteiger partial charge on any atom is 0.159 e. The Hall–Kier alpha value is -1.65. The second-order valence-electron chi connectivity index (χ2n) is 3.74. The van der Waals surface area contributed by atoms with Crippen LogP contribution < -0.4 is 10.5 Å². The summed E-state index contributed by atoms with van der Waals surface area (Å²) in [6.07, 6.45) is 4.12. The normalized spacial score (nSPS) is 10.3. The number of benzene rings is 1. The quantitative estimate of drug-likeness (QED) is 0.842. The fourth-order valence-corrected chi connectivity index (χ4v) is 1.63. The molecule has 1 aromatic heterocycles. The van der Waals surface area contributed by atoms with Gasteiger partial charge in [-0.3, -0.25) is 0 Å². The van der Waals surface area contributed by atoms with Crippen molar-refractivity contribution in [1.29, 1.82) is 0 Å². The van der Waals surface area contributed by atoms with Crippen LogP contribution in [0.2, 0.25) is 5.02 Å². The van der Waals surface area contributed by atoms with Crippen LogP contribution in [0.25, 0.3) is 11.4 Å². The summed E-state index contributed by atoms with van der Waals surface area (Å²) in [6.45, 7) is 1.19. The summed E-state index contributed by atoms with van der Waals surface area (Å²) >= 11 is 5.92. The van der Waals surface area contributed by atoms with Crippen LogP contribution in [0.4, 0.5) is 0 Å². The molecule has 0 saturated carbocycles. The SMILES string of the molecule is NCCCOc1cnc(-c2cccc(Cl)c2)nc1. The second kappa shape index (κ2) is 6.33. The van der Waals surface area contributed by atoms with Crippen molar-refractivity contribution in [2.75, 3.05) is 13.2 Å². The Morgan fingerprint density at radius 3 is 2.67 bits per heavy atom. The zero-order chi connectivity index (χ0) is 12.8. The molecule has 0 saturated heterocycles.